The number of aryl methyl sites for hydroxylation is 2. The van der Waals surface area contributed by atoms with Gasteiger partial charge < -0.3 is 5.32 Å². The number of hydrogen-bond acceptors (Lipinski definition) is 5. The van der Waals surface area contributed by atoms with Gasteiger partial charge in [0.1, 0.15) is 4.21 Å². The normalized spacial score (nSPS) is 12.0. The zero-order valence-corrected chi connectivity index (χ0v) is 14.0. The lowest BCUT2D eigenvalue weighted by atomic mass is 10.2. The van der Waals surface area contributed by atoms with Crippen molar-refractivity contribution in [2.45, 2.75) is 30.6 Å². The molecular formula is C13H20N4O2S2. The zero-order chi connectivity index (χ0) is 15.5. The Morgan fingerprint density at radius 2 is 2.10 bits per heavy atom. The molecule has 116 valence electrons. The molecule has 2 aromatic heterocycles. The molecule has 0 atom stereocenters. The Hall–Kier alpha value is -1.22. The fourth-order valence-electron chi connectivity index (χ4n) is 2.04. The highest BCUT2D eigenvalue weighted by molar-refractivity contribution is 7.91. The van der Waals surface area contributed by atoms with Crippen LogP contribution in [0.3, 0.4) is 0 Å². The van der Waals surface area contributed by atoms with Crippen molar-refractivity contribution in [3.8, 4) is 0 Å². The van der Waals surface area contributed by atoms with Gasteiger partial charge in [-0.15, -0.1) is 11.3 Å². The van der Waals surface area contributed by atoms with E-state index in [-0.39, 0.29) is 6.54 Å². The molecule has 0 aliphatic carbocycles. The minimum absolute atomic E-state index is 0.263. The number of nitrogens with zero attached hydrogens (tertiary/aromatic N) is 2. The van der Waals surface area contributed by atoms with Crippen molar-refractivity contribution in [3.63, 3.8) is 0 Å². The Morgan fingerprint density at radius 1 is 1.33 bits per heavy atom. The van der Waals surface area contributed by atoms with Crippen LogP contribution in [0.4, 0.5) is 0 Å². The molecule has 2 heterocycles. The van der Waals surface area contributed by atoms with Gasteiger partial charge in [0.25, 0.3) is 0 Å². The summed E-state index contributed by atoms with van der Waals surface area (Å²) in [4.78, 5) is 0.994. The van der Waals surface area contributed by atoms with Gasteiger partial charge in [-0.3, -0.25) is 4.68 Å². The van der Waals surface area contributed by atoms with E-state index in [0.717, 1.165) is 22.6 Å². The Morgan fingerprint density at radius 3 is 2.76 bits per heavy atom. The number of nitrogens with one attached hydrogen (secondary N) is 2. The summed E-state index contributed by atoms with van der Waals surface area (Å²) >= 11 is 1.28. The van der Waals surface area contributed by atoms with E-state index in [1.165, 1.54) is 11.3 Å². The monoisotopic (exact) mass is 328 g/mol. The average molecular weight is 328 g/mol. The first-order chi connectivity index (χ1) is 9.96. The Kier molecular flexibility index (Phi) is 5.15. The van der Waals surface area contributed by atoms with Crippen molar-refractivity contribution in [1.29, 1.82) is 0 Å². The second-order valence-electron chi connectivity index (χ2n) is 4.70. The highest BCUT2D eigenvalue weighted by atomic mass is 32.2. The summed E-state index contributed by atoms with van der Waals surface area (Å²) in [5.74, 6) is 0. The lowest BCUT2D eigenvalue weighted by Gasteiger charge is -2.04. The van der Waals surface area contributed by atoms with E-state index >= 15 is 0 Å². The molecule has 2 aromatic rings. The number of sulfonamides is 1. The van der Waals surface area contributed by atoms with Gasteiger partial charge in [-0.05, 0) is 25.6 Å². The molecule has 0 aliphatic rings. The molecule has 0 radical (unpaired) electrons. The van der Waals surface area contributed by atoms with Crippen LogP contribution in [0.5, 0.6) is 0 Å². The quantitative estimate of drug-likeness (QED) is 0.802. The summed E-state index contributed by atoms with van der Waals surface area (Å²) < 4.78 is 29.3. The summed E-state index contributed by atoms with van der Waals surface area (Å²) in [6.45, 7) is 2.94. The van der Waals surface area contributed by atoms with Crippen LogP contribution in [0.1, 0.15) is 23.1 Å². The van der Waals surface area contributed by atoms with Crippen molar-refractivity contribution in [3.05, 3.63) is 34.5 Å². The molecule has 0 aromatic carbocycles. The van der Waals surface area contributed by atoms with Crippen LogP contribution >= 0.6 is 11.3 Å². The van der Waals surface area contributed by atoms with Crippen LogP contribution in [0.25, 0.3) is 0 Å². The fourth-order valence-corrected chi connectivity index (χ4v) is 4.46. The summed E-state index contributed by atoms with van der Waals surface area (Å²) in [6, 6.07) is 3.47. The maximum Gasteiger partial charge on any atom is 0.250 e. The lowest BCUT2D eigenvalue weighted by molar-refractivity contribution is 0.583. The van der Waals surface area contributed by atoms with E-state index in [0.29, 0.717) is 10.8 Å². The van der Waals surface area contributed by atoms with Crippen LogP contribution in [-0.4, -0.2) is 25.2 Å². The Bertz CT molecular complexity index is 704. The fraction of sp³-hybridized carbons (Fsp3) is 0.462. The second-order valence-corrected chi connectivity index (χ2v) is 7.87. The molecule has 0 spiro atoms. The summed E-state index contributed by atoms with van der Waals surface area (Å²) in [6.07, 6.45) is 2.63. The minimum atomic E-state index is -3.47. The summed E-state index contributed by atoms with van der Waals surface area (Å²) in [5, 5.41) is 7.32. The standard InChI is InChI=1S/C13H20N4O2S2/c1-4-12-10(9-17(3)16-12)7-15-21(18,19)13-6-5-11(20-13)8-14-2/h5-6,9,14-15H,4,7-8H2,1-3H3. The second kappa shape index (κ2) is 6.69. The van der Waals surface area contributed by atoms with Gasteiger partial charge in [0.2, 0.25) is 10.0 Å². The first-order valence-corrected chi connectivity index (χ1v) is 9.00. The van der Waals surface area contributed by atoms with Crippen molar-refractivity contribution in [2.75, 3.05) is 7.05 Å². The van der Waals surface area contributed by atoms with E-state index in [1.807, 2.05) is 33.3 Å². The summed E-state index contributed by atoms with van der Waals surface area (Å²) in [7, 11) is 0.200. The third kappa shape index (κ3) is 3.91. The van der Waals surface area contributed by atoms with Crippen molar-refractivity contribution >= 4 is 21.4 Å². The number of thiophene rings is 1. The highest BCUT2D eigenvalue weighted by Crippen LogP contribution is 2.21. The third-order valence-corrected chi connectivity index (χ3v) is 6.01. The van der Waals surface area contributed by atoms with Gasteiger partial charge in [-0.25, -0.2) is 13.1 Å². The lowest BCUT2D eigenvalue weighted by Crippen LogP contribution is -2.22. The molecule has 0 saturated heterocycles. The van der Waals surface area contributed by atoms with E-state index in [1.54, 1.807) is 10.7 Å². The van der Waals surface area contributed by atoms with Crippen LogP contribution in [-0.2, 0) is 36.6 Å². The Balaban J connectivity index is 2.09. The van der Waals surface area contributed by atoms with E-state index in [4.69, 9.17) is 0 Å². The van der Waals surface area contributed by atoms with Gasteiger partial charge in [0.15, 0.2) is 0 Å². The molecule has 0 bridgehead atoms. The van der Waals surface area contributed by atoms with Crippen LogP contribution in [0, 0.1) is 0 Å². The molecule has 6 nitrogen and oxygen atoms in total. The largest absolute Gasteiger partial charge is 0.315 e. The maximum absolute atomic E-state index is 12.3. The maximum atomic E-state index is 12.3. The third-order valence-electron chi connectivity index (χ3n) is 3.03. The molecule has 0 aliphatic heterocycles. The first-order valence-electron chi connectivity index (χ1n) is 6.70. The average Bonchev–Trinajstić information content (AvgIpc) is 3.04. The van der Waals surface area contributed by atoms with Gasteiger partial charge in [-0.2, -0.15) is 5.10 Å². The van der Waals surface area contributed by atoms with E-state index < -0.39 is 10.0 Å². The van der Waals surface area contributed by atoms with Crippen molar-refractivity contribution < 1.29 is 8.42 Å². The molecule has 0 unspecified atom stereocenters. The minimum Gasteiger partial charge on any atom is -0.315 e. The van der Waals surface area contributed by atoms with E-state index in [9.17, 15) is 8.42 Å². The summed E-state index contributed by atoms with van der Waals surface area (Å²) in [5.41, 5.74) is 1.83. The van der Waals surface area contributed by atoms with Crippen LogP contribution in [0.15, 0.2) is 22.5 Å². The van der Waals surface area contributed by atoms with Crippen molar-refractivity contribution in [2.24, 2.45) is 7.05 Å². The number of rotatable bonds is 7. The topological polar surface area (TPSA) is 76.0 Å². The highest BCUT2D eigenvalue weighted by Gasteiger charge is 2.17. The molecular weight excluding hydrogens is 308 g/mol. The molecule has 0 amide bonds. The number of hydrogen-bond donors (Lipinski definition) is 2. The van der Waals surface area contributed by atoms with Gasteiger partial charge >= 0.3 is 0 Å². The van der Waals surface area contributed by atoms with Gasteiger partial charge in [-0.1, -0.05) is 6.92 Å². The number of aromatic nitrogens is 2. The zero-order valence-electron chi connectivity index (χ0n) is 12.4. The molecule has 0 saturated carbocycles. The van der Waals surface area contributed by atoms with E-state index in [2.05, 4.69) is 15.1 Å². The van der Waals surface area contributed by atoms with Crippen LogP contribution < -0.4 is 10.0 Å². The first kappa shape index (κ1) is 16.2. The molecule has 2 rings (SSSR count). The smallest absolute Gasteiger partial charge is 0.250 e. The molecule has 8 heteroatoms. The van der Waals surface area contributed by atoms with Crippen molar-refractivity contribution in [1.82, 2.24) is 19.8 Å². The molecule has 2 N–H and O–H groups in total. The predicted molar refractivity (Wildman–Crippen MR) is 83.7 cm³/mol. The molecule has 0 fully saturated rings. The Labute approximate surface area is 129 Å². The SMILES string of the molecule is CCc1nn(C)cc1CNS(=O)(=O)c1ccc(CNC)s1. The van der Waals surface area contributed by atoms with Gasteiger partial charge in [0.05, 0.1) is 5.69 Å². The predicted octanol–water partition coefficient (Wildman–Crippen LogP) is 1.24. The van der Waals surface area contributed by atoms with Crippen LogP contribution in [0.2, 0.25) is 0 Å². The molecule has 21 heavy (non-hydrogen) atoms. The van der Waals surface area contributed by atoms with Gasteiger partial charge in [0, 0.05) is 36.8 Å².